The number of nitrogens with zero attached hydrogens (tertiary/aromatic N) is 2. The number of hydrogen-bond donors (Lipinski definition) is 1. The average molecular weight is 354 g/mol. The Bertz CT molecular complexity index is 828. The van der Waals surface area contributed by atoms with Crippen molar-refractivity contribution in [3.8, 4) is 11.5 Å². The van der Waals surface area contributed by atoms with Crippen LogP contribution in [0.25, 0.3) is 11.5 Å². The first kappa shape index (κ1) is 16.3. The third-order valence-electron chi connectivity index (χ3n) is 4.65. The molecule has 0 amide bonds. The van der Waals surface area contributed by atoms with Crippen molar-refractivity contribution in [3.63, 3.8) is 0 Å². The fourth-order valence-electron chi connectivity index (χ4n) is 3.37. The van der Waals surface area contributed by atoms with E-state index in [1.807, 2.05) is 54.6 Å². The number of halogens is 1. The molecule has 1 atom stereocenters. The maximum atomic E-state index is 6.20. The van der Waals surface area contributed by atoms with Gasteiger partial charge in [0.05, 0.1) is 0 Å². The van der Waals surface area contributed by atoms with Gasteiger partial charge in [-0.15, -0.1) is 10.2 Å². The van der Waals surface area contributed by atoms with Crippen LogP contribution < -0.4 is 5.32 Å². The molecule has 0 aliphatic heterocycles. The molecule has 1 N–H and O–H groups in total. The van der Waals surface area contributed by atoms with Gasteiger partial charge in [-0.1, -0.05) is 54.8 Å². The minimum atomic E-state index is -0.147. The number of aromatic nitrogens is 2. The lowest BCUT2D eigenvalue weighted by atomic mass is 10.1. The minimum Gasteiger partial charge on any atom is -0.419 e. The Morgan fingerprint density at radius 2 is 1.80 bits per heavy atom. The lowest BCUT2D eigenvalue weighted by molar-refractivity contribution is 0.398. The minimum absolute atomic E-state index is 0.147. The molecule has 2 aromatic carbocycles. The van der Waals surface area contributed by atoms with Crippen LogP contribution in [0.2, 0.25) is 5.02 Å². The largest absolute Gasteiger partial charge is 0.419 e. The van der Waals surface area contributed by atoms with Crippen LogP contribution in [0.3, 0.4) is 0 Å². The molecule has 0 bridgehead atoms. The quantitative estimate of drug-likeness (QED) is 0.700. The van der Waals surface area contributed by atoms with Crippen LogP contribution in [0.1, 0.15) is 43.2 Å². The van der Waals surface area contributed by atoms with Crippen molar-refractivity contribution < 1.29 is 4.42 Å². The standard InChI is InChI=1S/C20H20ClN3O/c21-16-10-6-9-15(13-16)18(22-17-11-4-5-12-17)20-24-23-19(25-20)14-7-2-1-3-8-14/h1-3,6-10,13,17-18,22H,4-5,11-12H2/t18-/m1/s1. The summed E-state index contributed by atoms with van der Waals surface area (Å²) in [5, 5.41) is 13.0. The summed E-state index contributed by atoms with van der Waals surface area (Å²) in [6.07, 6.45) is 4.88. The molecule has 0 unspecified atom stereocenters. The average Bonchev–Trinajstić information content (AvgIpc) is 3.32. The zero-order chi connectivity index (χ0) is 17.1. The SMILES string of the molecule is Clc1cccc([C@@H](NC2CCCC2)c2nnc(-c3ccccc3)o2)c1. The van der Waals surface area contributed by atoms with E-state index in [-0.39, 0.29) is 6.04 Å². The van der Waals surface area contributed by atoms with E-state index in [2.05, 4.69) is 15.5 Å². The van der Waals surface area contributed by atoms with E-state index in [0.717, 1.165) is 11.1 Å². The van der Waals surface area contributed by atoms with Crippen LogP contribution in [0.4, 0.5) is 0 Å². The van der Waals surface area contributed by atoms with Crippen molar-refractivity contribution in [1.29, 1.82) is 0 Å². The van der Waals surface area contributed by atoms with Crippen LogP contribution in [0.5, 0.6) is 0 Å². The van der Waals surface area contributed by atoms with Crippen molar-refractivity contribution in [3.05, 3.63) is 71.1 Å². The maximum Gasteiger partial charge on any atom is 0.247 e. The second-order valence-electron chi connectivity index (χ2n) is 6.45. The lowest BCUT2D eigenvalue weighted by Gasteiger charge is -2.20. The Morgan fingerprint density at radius 1 is 1.00 bits per heavy atom. The molecule has 1 heterocycles. The Kier molecular flexibility index (Phi) is 4.81. The zero-order valence-corrected chi connectivity index (χ0v) is 14.6. The fourth-order valence-corrected chi connectivity index (χ4v) is 3.57. The van der Waals surface area contributed by atoms with Crippen molar-refractivity contribution in [2.45, 2.75) is 37.8 Å². The van der Waals surface area contributed by atoms with Gasteiger partial charge in [0.15, 0.2) is 0 Å². The van der Waals surface area contributed by atoms with Crippen molar-refractivity contribution in [1.82, 2.24) is 15.5 Å². The van der Waals surface area contributed by atoms with Crippen LogP contribution >= 0.6 is 11.6 Å². The Morgan fingerprint density at radius 3 is 2.56 bits per heavy atom. The lowest BCUT2D eigenvalue weighted by Crippen LogP contribution is -2.31. The molecule has 3 aromatic rings. The summed E-state index contributed by atoms with van der Waals surface area (Å²) in [6, 6.07) is 18.0. The summed E-state index contributed by atoms with van der Waals surface area (Å²) in [5.41, 5.74) is 1.97. The predicted octanol–water partition coefficient (Wildman–Crippen LogP) is 5.01. The smallest absolute Gasteiger partial charge is 0.247 e. The van der Waals surface area contributed by atoms with E-state index in [0.29, 0.717) is 22.8 Å². The summed E-state index contributed by atoms with van der Waals surface area (Å²) in [4.78, 5) is 0. The van der Waals surface area contributed by atoms with Crippen molar-refractivity contribution >= 4 is 11.6 Å². The second-order valence-corrected chi connectivity index (χ2v) is 6.88. The van der Waals surface area contributed by atoms with E-state index in [1.54, 1.807) is 0 Å². The molecule has 4 nitrogen and oxygen atoms in total. The van der Waals surface area contributed by atoms with Gasteiger partial charge in [-0.2, -0.15) is 0 Å². The van der Waals surface area contributed by atoms with Gasteiger partial charge in [-0.3, -0.25) is 5.32 Å². The molecule has 4 rings (SSSR count). The zero-order valence-electron chi connectivity index (χ0n) is 13.9. The number of hydrogen-bond acceptors (Lipinski definition) is 4. The van der Waals surface area contributed by atoms with Gasteiger partial charge >= 0.3 is 0 Å². The van der Waals surface area contributed by atoms with Gasteiger partial charge in [0.25, 0.3) is 0 Å². The van der Waals surface area contributed by atoms with Gasteiger partial charge in [-0.25, -0.2) is 0 Å². The van der Waals surface area contributed by atoms with E-state index in [9.17, 15) is 0 Å². The predicted molar refractivity (Wildman–Crippen MR) is 98.4 cm³/mol. The third-order valence-corrected chi connectivity index (χ3v) is 4.88. The molecular weight excluding hydrogens is 334 g/mol. The number of nitrogens with one attached hydrogen (secondary N) is 1. The molecule has 1 aliphatic rings. The monoisotopic (exact) mass is 353 g/mol. The van der Waals surface area contributed by atoms with Gasteiger partial charge in [0.1, 0.15) is 6.04 Å². The second kappa shape index (κ2) is 7.38. The molecule has 0 saturated heterocycles. The molecule has 128 valence electrons. The summed E-state index contributed by atoms with van der Waals surface area (Å²) in [7, 11) is 0. The first-order valence-electron chi connectivity index (χ1n) is 8.70. The molecule has 1 aromatic heterocycles. The molecule has 25 heavy (non-hydrogen) atoms. The number of benzene rings is 2. The van der Waals surface area contributed by atoms with Gasteiger partial charge in [0.2, 0.25) is 11.8 Å². The molecule has 0 spiro atoms. The van der Waals surface area contributed by atoms with E-state index in [1.165, 1.54) is 25.7 Å². The first-order chi connectivity index (χ1) is 12.3. The Labute approximate surface area is 152 Å². The summed E-state index contributed by atoms with van der Waals surface area (Å²) < 4.78 is 6.01. The molecule has 1 fully saturated rings. The normalized spacial score (nSPS) is 16.2. The van der Waals surface area contributed by atoms with Crippen molar-refractivity contribution in [2.75, 3.05) is 0 Å². The van der Waals surface area contributed by atoms with Crippen LogP contribution in [0, 0.1) is 0 Å². The summed E-state index contributed by atoms with van der Waals surface area (Å²) >= 11 is 6.20. The molecule has 1 aliphatic carbocycles. The summed E-state index contributed by atoms with van der Waals surface area (Å²) in [5.74, 6) is 1.11. The first-order valence-corrected chi connectivity index (χ1v) is 9.08. The van der Waals surface area contributed by atoms with Gasteiger partial charge in [0, 0.05) is 16.6 Å². The molecule has 1 saturated carbocycles. The fraction of sp³-hybridized carbons (Fsp3) is 0.300. The summed E-state index contributed by atoms with van der Waals surface area (Å²) in [6.45, 7) is 0. The topological polar surface area (TPSA) is 51.0 Å². The van der Waals surface area contributed by atoms with E-state index >= 15 is 0 Å². The number of rotatable bonds is 5. The highest BCUT2D eigenvalue weighted by Gasteiger charge is 2.26. The molecule has 5 heteroatoms. The van der Waals surface area contributed by atoms with Crippen molar-refractivity contribution in [2.24, 2.45) is 0 Å². The van der Waals surface area contributed by atoms with Crippen LogP contribution in [0.15, 0.2) is 59.0 Å². The highest BCUT2D eigenvalue weighted by atomic mass is 35.5. The van der Waals surface area contributed by atoms with E-state index in [4.69, 9.17) is 16.0 Å². The highest BCUT2D eigenvalue weighted by molar-refractivity contribution is 6.30. The Balaban J connectivity index is 1.66. The van der Waals surface area contributed by atoms with E-state index < -0.39 is 0 Å². The highest BCUT2D eigenvalue weighted by Crippen LogP contribution is 2.29. The molecular formula is C20H20ClN3O. The molecule has 0 radical (unpaired) electrons. The Hall–Kier alpha value is -2.17. The van der Waals surface area contributed by atoms with Crippen LogP contribution in [-0.4, -0.2) is 16.2 Å². The third kappa shape index (κ3) is 3.75. The van der Waals surface area contributed by atoms with Crippen LogP contribution in [-0.2, 0) is 0 Å². The van der Waals surface area contributed by atoms with Gasteiger partial charge in [-0.05, 0) is 42.7 Å². The van der Waals surface area contributed by atoms with Gasteiger partial charge < -0.3 is 4.42 Å². The maximum absolute atomic E-state index is 6.20.